The van der Waals surface area contributed by atoms with Crippen LogP contribution in [0.25, 0.3) is 0 Å². The zero-order chi connectivity index (χ0) is 14.5. The second-order valence-electron chi connectivity index (χ2n) is 5.86. The summed E-state index contributed by atoms with van der Waals surface area (Å²) in [5, 5.41) is 13.3. The Bertz CT molecular complexity index is 523. The van der Waals surface area contributed by atoms with Crippen LogP contribution in [0.3, 0.4) is 0 Å². The van der Waals surface area contributed by atoms with E-state index in [4.69, 9.17) is 4.42 Å². The van der Waals surface area contributed by atoms with Crippen LogP contribution >= 0.6 is 0 Å². The summed E-state index contributed by atoms with van der Waals surface area (Å²) in [5.74, 6) is 1.28. The van der Waals surface area contributed by atoms with E-state index >= 15 is 0 Å². The number of aliphatic hydroxyl groups excluding tert-OH is 1. The van der Waals surface area contributed by atoms with Crippen molar-refractivity contribution in [2.45, 2.75) is 37.8 Å². The van der Waals surface area contributed by atoms with E-state index in [0.29, 0.717) is 12.0 Å². The van der Waals surface area contributed by atoms with Crippen LogP contribution in [-0.4, -0.2) is 17.8 Å². The molecule has 3 atom stereocenters. The van der Waals surface area contributed by atoms with E-state index in [1.807, 2.05) is 18.2 Å². The molecular weight excluding hydrogens is 262 g/mol. The molecule has 2 aromatic rings. The van der Waals surface area contributed by atoms with Gasteiger partial charge in [-0.2, -0.15) is 0 Å². The van der Waals surface area contributed by atoms with E-state index in [0.717, 1.165) is 18.6 Å². The molecule has 112 valence electrons. The van der Waals surface area contributed by atoms with E-state index in [-0.39, 0.29) is 12.6 Å². The van der Waals surface area contributed by atoms with Crippen LogP contribution in [0.5, 0.6) is 0 Å². The summed E-state index contributed by atoms with van der Waals surface area (Å²) in [6.45, 7) is 0.261. The van der Waals surface area contributed by atoms with Gasteiger partial charge in [-0.1, -0.05) is 43.2 Å². The van der Waals surface area contributed by atoms with E-state index in [2.05, 4.69) is 29.6 Å². The van der Waals surface area contributed by atoms with Crippen LogP contribution in [0, 0.1) is 5.92 Å². The second kappa shape index (κ2) is 6.92. The predicted octanol–water partition coefficient (Wildman–Crippen LogP) is 3.51. The molecule has 3 nitrogen and oxygen atoms in total. The van der Waals surface area contributed by atoms with Gasteiger partial charge in [0.25, 0.3) is 0 Å². The van der Waals surface area contributed by atoms with Crippen molar-refractivity contribution in [3.05, 3.63) is 60.1 Å². The molecule has 0 aliphatic heterocycles. The number of hydrogen-bond donors (Lipinski definition) is 2. The maximum absolute atomic E-state index is 9.61. The average molecular weight is 285 g/mol. The van der Waals surface area contributed by atoms with Gasteiger partial charge in [0, 0.05) is 12.6 Å². The zero-order valence-corrected chi connectivity index (χ0v) is 12.2. The first kappa shape index (κ1) is 14.4. The number of hydrogen-bond acceptors (Lipinski definition) is 3. The van der Waals surface area contributed by atoms with Crippen LogP contribution in [0.4, 0.5) is 0 Å². The maximum atomic E-state index is 9.61. The Morgan fingerprint density at radius 1 is 1.10 bits per heavy atom. The third-order valence-electron chi connectivity index (χ3n) is 4.48. The Morgan fingerprint density at radius 2 is 1.90 bits per heavy atom. The summed E-state index contributed by atoms with van der Waals surface area (Å²) in [4.78, 5) is 0. The van der Waals surface area contributed by atoms with Crippen molar-refractivity contribution in [1.29, 1.82) is 0 Å². The van der Waals surface area contributed by atoms with Gasteiger partial charge in [0.15, 0.2) is 0 Å². The Labute approximate surface area is 126 Å². The lowest BCUT2D eigenvalue weighted by molar-refractivity contribution is 0.146. The fourth-order valence-corrected chi connectivity index (χ4v) is 3.30. The zero-order valence-electron chi connectivity index (χ0n) is 12.2. The molecule has 1 heterocycles. The predicted molar refractivity (Wildman–Crippen MR) is 83.0 cm³/mol. The minimum absolute atomic E-state index is 0.0540. The second-order valence-corrected chi connectivity index (χ2v) is 5.86. The molecule has 1 aliphatic rings. The van der Waals surface area contributed by atoms with Gasteiger partial charge in [0.1, 0.15) is 5.76 Å². The van der Waals surface area contributed by atoms with Crippen LogP contribution < -0.4 is 5.32 Å². The number of rotatable bonds is 5. The highest BCUT2D eigenvalue weighted by atomic mass is 16.3. The van der Waals surface area contributed by atoms with Gasteiger partial charge < -0.3 is 14.8 Å². The number of nitrogens with one attached hydrogen (secondary N) is 1. The maximum Gasteiger partial charge on any atom is 0.125 e. The molecular formula is C18H23NO2. The lowest BCUT2D eigenvalue weighted by Crippen LogP contribution is -2.42. The molecule has 3 unspecified atom stereocenters. The molecule has 0 bridgehead atoms. The molecule has 21 heavy (non-hydrogen) atoms. The average Bonchev–Trinajstić information content (AvgIpc) is 3.08. The monoisotopic (exact) mass is 285 g/mol. The van der Waals surface area contributed by atoms with Gasteiger partial charge in [0.2, 0.25) is 0 Å². The SMILES string of the molecule is OCC1CCCCC1NC(c1ccccc1)c1ccco1. The quantitative estimate of drug-likeness (QED) is 0.883. The summed E-state index contributed by atoms with van der Waals surface area (Å²) in [6, 6.07) is 14.7. The Kier molecular flexibility index (Phi) is 4.73. The first-order valence-electron chi connectivity index (χ1n) is 7.83. The van der Waals surface area contributed by atoms with Gasteiger partial charge >= 0.3 is 0 Å². The minimum Gasteiger partial charge on any atom is -0.467 e. The summed E-state index contributed by atoms with van der Waals surface area (Å²) in [7, 11) is 0. The fraction of sp³-hybridized carbons (Fsp3) is 0.444. The summed E-state index contributed by atoms with van der Waals surface area (Å²) in [6.07, 6.45) is 6.40. The van der Waals surface area contributed by atoms with Crippen molar-refractivity contribution >= 4 is 0 Å². The molecule has 1 aromatic carbocycles. The van der Waals surface area contributed by atoms with Crippen LogP contribution in [0.15, 0.2) is 53.1 Å². The largest absolute Gasteiger partial charge is 0.467 e. The van der Waals surface area contributed by atoms with Crippen molar-refractivity contribution in [3.8, 4) is 0 Å². The Hall–Kier alpha value is -1.58. The molecule has 1 aliphatic carbocycles. The Morgan fingerprint density at radius 3 is 2.62 bits per heavy atom. The summed E-state index contributed by atoms with van der Waals surface area (Å²) in [5.41, 5.74) is 1.20. The fourth-order valence-electron chi connectivity index (χ4n) is 3.30. The van der Waals surface area contributed by atoms with E-state index in [1.165, 1.54) is 18.4 Å². The number of benzene rings is 1. The minimum atomic E-state index is 0.0540. The summed E-state index contributed by atoms with van der Waals surface area (Å²) >= 11 is 0. The van der Waals surface area contributed by atoms with Crippen molar-refractivity contribution in [2.24, 2.45) is 5.92 Å². The topological polar surface area (TPSA) is 45.4 Å². The lowest BCUT2D eigenvalue weighted by atomic mass is 9.84. The van der Waals surface area contributed by atoms with Gasteiger partial charge in [-0.25, -0.2) is 0 Å². The third-order valence-corrected chi connectivity index (χ3v) is 4.48. The highest BCUT2D eigenvalue weighted by molar-refractivity contribution is 5.26. The smallest absolute Gasteiger partial charge is 0.125 e. The summed E-state index contributed by atoms with van der Waals surface area (Å²) < 4.78 is 5.64. The Balaban J connectivity index is 1.82. The van der Waals surface area contributed by atoms with Crippen LogP contribution in [0.1, 0.15) is 43.0 Å². The normalized spacial score (nSPS) is 23.9. The molecule has 3 rings (SSSR count). The molecule has 2 N–H and O–H groups in total. The number of aliphatic hydroxyl groups is 1. The molecule has 0 radical (unpaired) electrons. The van der Waals surface area contributed by atoms with E-state index in [1.54, 1.807) is 6.26 Å². The van der Waals surface area contributed by atoms with E-state index in [9.17, 15) is 5.11 Å². The van der Waals surface area contributed by atoms with E-state index < -0.39 is 0 Å². The highest BCUT2D eigenvalue weighted by Gasteiger charge is 2.28. The van der Waals surface area contributed by atoms with Crippen molar-refractivity contribution in [2.75, 3.05) is 6.61 Å². The molecule has 1 saturated carbocycles. The van der Waals surface area contributed by atoms with Gasteiger partial charge in [-0.15, -0.1) is 0 Å². The van der Waals surface area contributed by atoms with Gasteiger partial charge in [-0.05, 0) is 36.5 Å². The molecule has 0 amide bonds. The molecule has 1 aromatic heterocycles. The lowest BCUT2D eigenvalue weighted by Gasteiger charge is -2.34. The molecule has 1 fully saturated rings. The molecule has 3 heteroatoms. The van der Waals surface area contributed by atoms with Crippen LogP contribution in [-0.2, 0) is 0 Å². The van der Waals surface area contributed by atoms with Crippen molar-refractivity contribution in [3.63, 3.8) is 0 Å². The van der Waals surface area contributed by atoms with Gasteiger partial charge in [-0.3, -0.25) is 0 Å². The first-order valence-corrected chi connectivity index (χ1v) is 7.83. The van der Waals surface area contributed by atoms with Gasteiger partial charge in [0.05, 0.1) is 12.3 Å². The third kappa shape index (κ3) is 3.36. The molecule has 0 spiro atoms. The van der Waals surface area contributed by atoms with Crippen LogP contribution in [0.2, 0.25) is 0 Å². The van der Waals surface area contributed by atoms with Crippen molar-refractivity contribution in [1.82, 2.24) is 5.32 Å². The number of furan rings is 1. The molecule has 0 saturated heterocycles. The highest BCUT2D eigenvalue weighted by Crippen LogP contribution is 2.29. The first-order chi connectivity index (χ1) is 10.4. The standard InChI is InChI=1S/C18H23NO2/c20-13-15-9-4-5-10-16(15)19-18(17-11-6-12-21-17)14-7-2-1-3-8-14/h1-3,6-8,11-12,15-16,18-20H,4-5,9-10,13H2. The van der Waals surface area contributed by atoms with Crippen molar-refractivity contribution < 1.29 is 9.52 Å².